The van der Waals surface area contributed by atoms with E-state index in [-0.39, 0.29) is 10.0 Å². The Labute approximate surface area is 102 Å². The number of hydrogen-bond donors (Lipinski definition) is 2. The molecule has 17 heavy (non-hydrogen) atoms. The van der Waals surface area contributed by atoms with Gasteiger partial charge in [-0.15, -0.1) is 13.2 Å². The first-order chi connectivity index (χ1) is 7.70. The van der Waals surface area contributed by atoms with Crippen molar-refractivity contribution in [1.82, 2.24) is 0 Å². The third-order valence-corrected chi connectivity index (χ3v) is 2.46. The van der Waals surface area contributed by atoms with Crippen molar-refractivity contribution >= 4 is 21.9 Å². The number of alkyl halides is 3. The number of carboxylic acids is 1. The van der Waals surface area contributed by atoms with E-state index in [1.165, 1.54) is 12.1 Å². The molecule has 1 aromatic carbocycles. The average molecular weight is 314 g/mol. The van der Waals surface area contributed by atoms with Crippen LogP contribution in [-0.4, -0.2) is 17.4 Å². The largest absolute Gasteiger partial charge is 0.573 e. The Hall–Kier alpha value is -1.28. The van der Waals surface area contributed by atoms with Gasteiger partial charge in [-0.25, -0.2) is 0 Å². The molecule has 0 aliphatic rings. The first-order valence-corrected chi connectivity index (χ1v) is 5.03. The van der Waals surface area contributed by atoms with E-state index in [1.54, 1.807) is 0 Å². The van der Waals surface area contributed by atoms with Gasteiger partial charge in [-0.1, -0.05) is 6.07 Å². The van der Waals surface area contributed by atoms with E-state index in [2.05, 4.69) is 20.7 Å². The highest BCUT2D eigenvalue weighted by atomic mass is 79.9. The molecular weight excluding hydrogens is 307 g/mol. The van der Waals surface area contributed by atoms with Crippen LogP contribution in [-0.2, 0) is 4.79 Å². The fraction of sp³-hybridized carbons (Fsp3) is 0.222. The number of rotatable bonds is 3. The van der Waals surface area contributed by atoms with Crippen LogP contribution in [0.4, 0.5) is 13.2 Å². The maximum atomic E-state index is 12.0. The zero-order valence-corrected chi connectivity index (χ0v) is 9.75. The molecular formula is C9H7BrF3NO3. The molecule has 0 saturated heterocycles. The van der Waals surface area contributed by atoms with E-state index in [1.807, 2.05) is 0 Å². The third kappa shape index (κ3) is 3.90. The molecule has 1 unspecified atom stereocenters. The van der Waals surface area contributed by atoms with Gasteiger partial charge in [0, 0.05) is 0 Å². The van der Waals surface area contributed by atoms with Crippen molar-refractivity contribution in [2.45, 2.75) is 12.4 Å². The van der Waals surface area contributed by atoms with Gasteiger partial charge in [0.1, 0.15) is 11.8 Å². The maximum Gasteiger partial charge on any atom is 0.573 e. The van der Waals surface area contributed by atoms with Crippen LogP contribution in [0.3, 0.4) is 0 Å². The minimum absolute atomic E-state index is 0.0138. The minimum atomic E-state index is -4.85. The number of hydrogen-bond acceptors (Lipinski definition) is 3. The Morgan fingerprint density at radius 3 is 2.53 bits per heavy atom. The maximum absolute atomic E-state index is 12.0. The first-order valence-electron chi connectivity index (χ1n) is 4.24. The highest BCUT2D eigenvalue weighted by Crippen LogP contribution is 2.32. The van der Waals surface area contributed by atoms with Crippen LogP contribution in [0.2, 0.25) is 0 Å². The second kappa shape index (κ2) is 4.92. The van der Waals surface area contributed by atoms with E-state index in [4.69, 9.17) is 10.8 Å². The van der Waals surface area contributed by atoms with Gasteiger partial charge in [0.05, 0.1) is 4.47 Å². The fourth-order valence-electron chi connectivity index (χ4n) is 1.06. The number of aliphatic carboxylic acids is 1. The van der Waals surface area contributed by atoms with Gasteiger partial charge in [-0.2, -0.15) is 0 Å². The summed E-state index contributed by atoms with van der Waals surface area (Å²) in [7, 11) is 0. The topological polar surface area (TPSA) is 72.6 Å². The molecule has 0 bridgehead atoms. The lowest BCUT2D eigenvalue weighted by Crippen LogP contribution is -2.21. The molecule has 0 amide bonds. The van der Waals surface area contributed by atoms with Gasteiger partial charge < -0.3 is 15.6 Å². The molecule has 0 radical (unpaired) electrons. The van der Waals surface area contributed by atoms with E-state index in [0.29, 0.717) is 0 Å². The van der Waals surface area contributed by atoms with E-state index in [9.17, 15) is 18.0 Å². The molecule has 0 aromatic heterocycles. The standard InChI is InChI=1S/C9H7BrF3NO3/c10-5-2-1-4(7(14)8(15)16)3-6(5)17-9(11,12)13/h1-3,7H,14H2,(H,15,16). The summed E-state index contributed by atoms with van der Waals surface area (Å²) in [4.78, 5) is 10.6. The van der Waals surface area contributed by atoms with Gasteiger partial charge in [0.2, 0.25) is 0 Å². The summed E-state index contributed by atoms with van der Waals surface area (Å²) in [5.74, 6) is -1.88. The minimum Gasteiger partial charge on any atom is -0.480 e. The molecule has 1 atom stereocenters. The molecule has 0 spiro atoms. The number of benzene rings is 1. The normalized spacial score (nSPS) is 13.2. The van der Waals surface area contributed by atoms with Crippen molar-refractivity contribution in [3.05, 3.63) is 28.2 Å². The summed E-state index contributed by atoms with van der Waals surface area (Å²) >= 11 is 2.86. The second-order valence-corrected chi connectivity index (χ2v) is 3.91. The molecule has 0 heterocycles. The number of halogens is 4. The summed E-state index contributed by atoms with van der Waals surface area (Å²) in [6.07, 6.45) is -4.85. The van der Waals surface area contributed by atoms with Gasteiger partial charge in [0.25, 0.3) is 0 Å². The lowest BCUT2D eigenvalue weighted by Gasteiger charge is -2.13. The smallest absolute Gasteiger partial charge is 0.480 e. The molecule has 3 N–H and O–H groups in total. The van der Waals surface area contributed by atoms with Crippen molar-refractivity contribution in [1.29, 1.82) is 0 Å². The van der Waals surface area contributed by atoms with Crippen LogP contribution in [0.25, 0.3) is 0 Å². The highest BCUT2D eigenvalue weighted by molar-refractivity contribution is 9.10. The van der Waals surface area contributed by atoms with Gasteiger partial charge >= 0.3 is 12.3 Å². The van der Waals surface area contributed by atoms with Crippen LogP contribution in [0.5, 0.6) is 5.75 Å². The Morgan fingerprint density at radius 2 is 2.06 bits per heavy atom. The molecule has 94 valence electrons. The summed E-state index contributed by atoms with van der Waals surface area (Å²) in [6.45, 7) is 0. The quantitative estimate of drug-likeness (QED) is 0.899. The van der Waals surface area contributed by atoms with E-state index < -0.39 is 24.1 Å². The van der Waals surface area contributed by atoms with Gasteiger partial charge in [-0.3, -0.25) is 4.79 Å². The van der Waals surface area contributed by atoms with Crippen molar-refractivity contribution < 1.29 is 27.8 Å². The van der Waals surface area contributed by atoms with E-state index in [0.717, 1.165) is 6.07 Å². The van der Waals surface area contributed by atoms with Crippen LogP contribution in [0, 0.1) is 0 Å². The Kier molecular flexibility index (Phi) is 3.99. The Balaban J connectivity index is 3.06. The van der Waals surface area contributed by atoms with Crippen LogP contribution in [0.15, 0.2) is 22.7 Å². The predicted molar refractivity (Wildman–Crippen MR) is 55.4 cm³/mol. The van der Waals surface area contributed by atoms with Crippen molar-refractivity contribution in [3.8, 4) is 5.75 Å². The Morgan fingerprint density at radius 1 is 1.47 bits per heavy atom. The molecule has 0 saturated carbocycles. The molecule has 0 aliphatic heterocycles. The average Bonchev–Trinajstić information content (AvgIpc) is 2.18. The van der Waals surface area contributed by atoms with Gasteiger partial charge in [-0.05, 0) is 33.6 Å². The molecule has 0 aliphatic carbocycles. The van der Waals surface area contributed by atoms with E-state index >= 15 is 0 Å². The number of nitrogens with two attached hydrogens (primary N) is 1. The fourth-order valence-corrected chi connectivity index (χ4v) is 1.39. The zero-order chi connectivity index (χ0) is 13.2. The molecule has 1 rings (SSSR count). The molecule has 4 nitrogen and oxygen atoms in total. The van der Waals surface area contributed by atoms with Crippen molar-refractivity contribution in [3.63, 3.8) is 0 Å². The van der Waals surface area contributed by atoms with Crippen molar-refractivity contribution in [2.24, 2.45) is 5.73 Å². The second-order valence-electron chi connectivity index (χ2n) is 3.05. The summed E-state index contributed by atoms with van der Waals surface area (Å²) in [6, 6.07) is 2.06. The predicted octanol–water partition coefficient (Wildman–Crippen LogP) is 2.43. The lowest BCUT2D eigenvalue weighted by atomic mass is 10.1. The summed E-state index contributed by atoms with van der Waals surface area (Å²) < 4.78 is 39.8. The molecule has 8 heteroatoms. The Bertz CT molecular complexity index is 436. The monoisotopic (exact) mass is 313 g/mol. The third-order valence-electron chi connectivity index (χ3n) is 1.81. The van der Waals surface area contributed by atoms with Crippen LogP contribution < -0.4 is 10.5 Å². The number of ether oxygens (including phenoxy) is 1. The summed E-state index contributed by atoms with van der Waals surface area (Å²) in [5.41, 5.74) is 5.28. The SMILES string of the molecule is NC(C(=O)O)c1ccc(Br)c(OC(F)(F)F)c1. The van der Waals surface area contributed by atoms with Gasteiger partial charge in [0.15, 0.2) is 0 Å². The molecule has 1 aromatic rings. The van der Waals surface area contributed by atoms with Crippen molar-refractivity contribution in [2.75, 3.05) is 0 Å². The highest BCUT2D eigenvalue weighted by Gasteiger charge is 2.32. The zero-order valence-electron chi connectivity index (χ0n) is 8.16. The number of carbonyl (C=O) groups is 1. The van der Waals surface area contributed by atoms with Crippen LogP contribution in [0.1, 0.15) is 11.6 Å². The first kappa shape index (κ1) is 13.8. The van der Waals surface area contributed by atoms with Crippen LogP contribution >= 0.6 is 15.9 Å². The number of carboxylic acid groups (broad SMARTS) is 1. The lowest BCUT2D eigenvalue weighted by molar-refractivity contribution is -0.274. The summed E-state index contributed by atoms with van der Waals surface area (Å²) in [5, 5.41) is 8.63. The molecule has 0 fully saturated rings.